The number of anilines is 2. The SMILES string of the molecule is Cc1ccccc1NC(=O)COc1ccc(N2C[C@@H](C(=O)NCc3ccc(Cl)cc3)CC2=O)cc1. The van der Waals surface area contributed by atoms with Crippen LogP contribution in [0.5, 0.6) is 5.75 Å². The molecule has 1 aliphatic heterocycles. The molecule has 1 heterocycles. The van der Waals surface area contributed by atoms with Gasteiger partial charge in [0.1, 0.15) is 5.75 Å². The molecule has 0 aliphatic carbocycles. The van der Waals surface area contributed by atoms with E-state index in [1.165, 1.54) is 0 Å². The van der Waals surface area contributed by atoms with E-state index in [0.29, 0.717) is 29.5 Å². The summed E-state index contributed by atoms with van der Waals surface area (Å²) < 4.78 is 5.58. The fourth-order valence-corrected chi connectivity index (χ4v) is 3.97. The molecular weight excluding hydrogens is 466 g/mol. The molecule has 0 radical (unpaired) electrons. The second-order valence-corrected chi connectivity index (χ2v) is 8.83. The van der Waals surface area contributed by atoms with Crippen molar-refractivity contribution >= 4 is 40.7 Å². The molecule has 3 amide bonds. The van der Waals surface area contributed by atoms with Crippen molar-refractivity contribution in [3.63, 3.8) is 0 Å². The van der Waals surface area contributed by atoms with E-state index in [9.17, 15) is 14.4 Å². The molecule has 8 heteroatoms. The van der Waals surface area contributed by atoms with Crippen molar-refractivity contribution < 1.29 is 19.1 Å². The predicted molar refractivity (Wildman–Crippen MR) is 136 cm³/mol. The molecule has 7 nitrogen and oxygen atoms in total. The minimum atomic E-state index is -0.420. The van der Waals surface area contributed by atoms with Crippen molar-refractivity contribution in [2.45, 2.75) is 19.9 Å². The van der Waals surface area contributed by atoms with E-state index in [1.807, 2.05) is 43.3 Å². The summed E-state index contributed by atoms with van der Waals surface area (Å²) in [5.74, 6) is -0.433. The number of para-hydroxylation sites is 1. The molecule has 0 spiro atoms. The van der Waals surface area contributed by atoms with Gasteiger partial charge in [-0.15, -0.1) is 0 Å². The first-order valence-corrected chi connectivity index (χ1v) is 11.7. The first-order valence-electron chi connectivity index (χ1n) is 11.3. The van der Waals surface area contributed by atoms with Gasteiger partial charge in [0.25, 0.3) is 5.91 Å². The predicted octanol–water partition coefficient (Wildman–Crippen LogP) is 4.34. The van der Waals surface area contributed by atoms with E-state index in [1.54, 1.807) is 41.3 Å². The summed E-state index contributed by atoms with van der Waals surface area (Å²) in [7, 11) is 0. The van der Waals surface area contributed by atoms with Crippen molar-refractivity contribution in [3.05, 3.63) is 88.9 Å². The minimum absolute atomic E-state index is 0.108. The highest BCUT2D eigenvalue weighted by atomic mass is 35.5. The molecule has 0 aromatic heterocycles. The van der Waals surface area contributed by atoms with Crippen molar-refractivity contribution in [2.24, 2.45) is 5.92 Å². The highest BCUT2D eigenvalue weighted by Gasteiger charge is 2.35. The van der Waals surface area contributed by atoms with Gasteiger partial charge in [-0.05, 0) is 60.5 Å². The topological polar surface area (TPSA) is 87.7 Å². The molecule has 2 N–H and O–H groups in total. The highest BCUT2D eigenvalue weighted by molar-refractivity contribution is 6.30. The maximum absolute atomic E-state index is 12.6. The Hall–Kier alpha value is -3.84. The molecule has 3 aromatic rings. The molecule has 0 saturated carbocycles. The first-order chi connectivity index (χ1) is 16.9. The number of benzene rings is 3. The number of amides is 3. The van der Waals surface area contributed by atoms with Crippen molar-refractivity contribution in [2.75, 3.05) is 23.4 Å². The zero-order valence-corrected chi connectivity index (χ0v) is 20.0. The summed E-state index contributed by atoms with van der Waals surface area (Å²) in [4.78, 5) is 38.9. The van der Waals surface area contributed by atoms with E-state index >= 15 is 0 Å². The average molecular weight is 492 g/mol. The number of halogens is 1. The average Bonchev–Trinajstić information content (AvgIpc) is 3.25. The Morgan fingerprint density at radius 3 is 2.46 bits per heavy atom. The number of hydrogen-bond acceptors (Lipinski definition) is 4. The maximum atomic E-state index is 12.6. The summed E-state index contributed by atoms with van der Waals surface area (Å²) in [5, 5.41) is 6.35. The van der Waals surface area contributed by atoms with Gasteiger partial charge >= 0.3 is 0 Å². The number of hydrogen-bond donors (Lipinski definition) is 2. The van der Waals surface area contributed by atoms with E-state index in [0.717, 1.165) is 16.8 Å². The van der Waals surface area contributed by atoms with Gasteiger partial charge in [-0.2, -0.15) is 0 Å². The number of ether oxygens (including phenoxy) is 1. The summed E-state index contributed by atoms with van der Waals surface area (Å²) in [6.45, 7) is 2.48. The van der Waals surface area contributed by atoms with Crippen molar-refractivity contribution in [1.29, 1.82) is 0 Å². The lowest BCUT2D eigenvalue weighted by atomic mass is 10.1. The van der Waals surface area contributed by atoms with Crippen LogP contribution in [0, 0.1) is 12.8 Å². The molecule has 180 valence electrons. The number of aryl methyl sites for hydroxylation is 1. The quantitative estimate of drug-likeness (QED) is 0.491. The third-order valence-electron chi connectivity index (χ3n) is 5.81. The lowest BCUT2D eigenvalue weighted by molar-refractivity contribution is -0.126. The van der Waals surface area contributed by atoms with Crippen LogP contribution in [0.25, 0.3) is 0 Å². The Bertz CT molecular complexity index is 1210. The molecular formula is C27H26ClN3O4. The van der Waals surface area contributed by atoms with Crippen molar-refractivity contribution in [3.8, 4) is 5.75 Å². The summed E-state index contributed by atoms with van der Waals surface area (Å²) >= 11 is 5.89. The van der Waals surface area contributed by atoms with E-state index < -0.39 is 5.92 Å². The molecule has 4 rings (SSSR count). The van der Waals surface area contributed by atoms with Crippen LogP contribution in [-0.4, -0.2) is 30.9 Å². The van der Waals surface area contributed by atoms with Crippen LogP contribution in [0.15, 0.2) is 72.8 Å². The van der Waals surface area contributed by atoms with Crippen LogP contribution >= 0.6 is 11.6 Å². The molecule has 1 atom stereocenters. The minimum Gasteiger partial charge on any atom is -0.484 e. The second kappa shape index (κ2) is 11.1. The summed E-state index contributed by atoms with van der Waals surface area (Å²) in [5.41, 5.74) is 3.33. The van der Waals surface area contributed by atoms with Gasteiger partial charge in [0.05, 0.1) is 5.92 Å². The third-order valence-corrected chi connectivity index (χ3v) is 6.07. The largest absolute Gasteiger partial charge is 0.484 e. The Balaban J connectivity index is 1.27. The molecule has 0 bridgehead atoms. The standard InChI is InChI=1S/C27H26ClN3O4/c1-18-4-2-3-5-24(18)30-25(32)17-35-23-12-10-22(11-13-23)31-16-20(14-26(31)33)27(34)29-15-19-6-8-21(28)9-7-19/h2-13,20H,14-17H2,1H3,(H,29,34)(H,30,32)/t20-/m0/s1. The zero-order valence-electron chi connectivity index (χ0n) is 19.3. The Kier molecular flexibility index (Phi) is 7.67. The van der Waals surface area contributed by atoms with Crippen molar-refractivity contribution in [1.82, 2.24) is 5.32 Å². The van der Waals surface area contributed by atoms with E-state index in [2.05, 4.69) is 10.6 Å². The zero-order chi connectivity index (χ0) is 24.8. The van der Waals surface area contributed by atoms with Gasteiger partial charge in [-0.25, -0.2) is 0 Å². The van der Waals surface area contributed by atoms with E-state index in [4.69, 9.17) is 16.3 Å². The van der Waals surface area contributed by atoms with Crippen LogP contribution in [0.3, 0.4) is 0 Å². The van der Waals surface area contributed by atoms with Crippen LogP contribution in [0.1, 0.15) is 17.5 Å². The summed E-state index contributed by atoms with van der Waals surface area (Å²) in [6.07, 6.45) is 0.157. The maximum Gasteiger partial charge on any atom is 0.262 e. The number of carbonyl (C=O) groups is 3. The number of nitrogens with one attached hydrogen (secondary N) is 2. The fourth-order valence-electron chi connectivity index (χ4n) is 3.84. The molecule has 35 heavy (non-hydrogen) atoms. The number of rotatable bonds is 8. The van der Waals surface area contributed by atoms with Gasteiger partial charge in [-0.1, -0.05) is 41.9 Å². The van der Waals surface area contributed by atoms with Gasteiger partial charge in [-0.3, -0.25) is 14.4 Å². The Labute approximate surface area is 209 Å². The Morgan fingerprint density at radius 2 is 1.74 bits per heavy atom. The van der Waals surface area contributed by atoms with Gasteiger partial charge in [0.15, 0.2) is 6.61 Å². The lowest BCUT2D eigenvalue weighted by Gasteiger charge is -2.17. The smallest absolute Gasteiger partial charge is 0.262 e. The monoisotopic (exact) mass is 491 g/mol. The van der Waals surface area contributed by atoms with Crippen LogP contribution in [0.4, 0.5) is 11.4 Å². The van der Waals surface area contributed by atoms with Gasteiger partial charge in [0.2, 0.25) is 11.8 Å². The molecule has 3 aromatic carbocycles. The fraction of sp³-hybridized carbons (Fsp3) is 0.222. The van der Waals surface area contributed by atoms with Crippen LogP contribution in [0.2, 0.25) is 5.02 Å². The van der Waals surface area contributed by atoms with Gasteiger partial charge in [0, 0.05) is 35.9 Å². The molecule has 0 unspecified atom stereocenters. The van der Waals surface area contributed by atoms with Crippen LogP contribution in [-0.2, 0) is 20.9 Å². The highest BCUT2D eigenvalue weighted by Crippen LogP contribution is 2.27. The van der Waals surface area contributed by atoms with Gasteiger partial charge < -0.3 is 20.3 Å². The number of carbonyl (C=O) groups excluding carboxylic acids is 3. The van der Waals surface area contributed by atoms with E-state index in [-0.39, 0.29) is 30.7 Å². The molecule has 1 aliphatic rings. The third kappa shape index (κ3) is 6.39. The summed E-state index contributed by atoms with van der Waals surface area (Å²) in [6, 6.07) is 21.7. The first kappa shape index (κ1) is 24.3. The lowest BCUT2D eigenvalue weighted by Crippen LogP contribution is -2.32. The van der Waals surface area contributed by atoms with Crippen LogP contribution < -0.4 is 20.3 Å². The second-order valence-electron chi connectivity index (χ2n) is 8.40. The Morgan fingerprint density at radius 1 is 1.03 bits per heavy atom. The molecule has 1 fully saturated rings. The normalized spacial score (nSPS) is 15.1. The number of nitrogens with zero attached hydrogens (tertiary/aromatic N) is 1. The molecule has 1 saturated heterocycles.